The second-order valence-corrected chi connectivity index (χ2v) is 5.15. The van der Waals surface area contributed by atoms with E-state index in [9.17, 15) is 9.59 Å². The van der Waals surface area contributed by atoms with Crippen molar-refractivity contribution < 1.29 is 19.1 Å². The fourth-order valence-corrected chi connectivity index (χ4v) is 2.18. The smallest absolute Gasteiger partial charge is 0.337 e. The van der Waals surface area contributed by atoms with Crippen LogP contribution in [-0.2, 0) is 11.3 Å². The molecule has 2 rings (SSSR count). The van der Waals surface area contributed by atoms with Crippen LogP contribution in [0.5, 0.6) is 5.75 Å². The molecule has 0 atom stereocenters. The van der Waals surface area contributed by atoms with Gasteiger partial charge in [0.15, 0.2) is 0 Å². The molecule has 0 bridgehead atoms. The number of rotatable bonds is 5. The fourth-order valence-electron chi connectivity index (χ4n) is 2.01. The van der Waals surface area contributed by atoms with E-state index in [0.717, 1.165) is 5.56 Å². The molecule has 0 aliphatic rings. The first-order valence-corrected chi connectivity index (χ1v) is 7.22. The highest BCUT2D eigenvalue weighted by Gasteiger charge is 2.13. The molecule has 0 saturated carbocycles. The van der Waals surface area contributed by atoms with E-state index in [1.54, 1.807) is 42.5 Å². The van der Waals surface area contributed by atoms with Crippen LogP contribution in [0, 0.1) is 0 Å². The molecular formula is C17H16ClNO4. The summed E-state index contributed by atoms with van der Waals surface area (Å²) in [6.07, 6.45) is 0. The van der Waals surface area contributed by atoms with Gasteiger partial charge >= 0.3 is 5.97 Å². The molecule has 2 aromatic rings. The van der Waals surface area contributed by atoms with Gasteiger partial charge in [-0.3, -0.25) is 4.79 Å². The molecule has 0 heterocycles. The van der Waals surface area contributed by atoms with Crippen molar-refractivity contribution in [1.29, 1.82) is 0 Å². The van der Waals surface area contributed by atoms with E-state index in [1.807, 2.05) is 0 Å². The average Bonchev–Trinajstić information content (AvgIpc) is 2.59. The lowest BCUT2D eigenvalue weighted by molar-refractivity contribution is 0.0600. The van der Waals surface area contributed by atoms with E-state index in [1.165, 1.54) is 14.2 Å². The van der Waals surface area contributed by atoms with Crippen molar-refractivity contribution in [3.05, 3.63) is 64.2 Å². The molecule has 1 amide bonds. The standard InChI is InChI=1S/C17H16ClNO4/c1-22-15-8-7-13(18)9-14(15)16(20)19-10-11-3-5-12(6-4-11)17(21)23-2/h3-9H,10H2,1-2H3,(H,19,20). The average molecular weight is 334 g/mol. The van der Waals surface area contributed by atoms with Crippen molar-refractivity contribution >= 4 is 23.5 Å². The third kappa shape index (κ3) is 4.23. The number of amides is 1. The Morgan fingerprint density at radius 1 is 1.09 bits per heavy atom. The molecular weight excluding hydrogens is 318 g/mol. The highest BCUT2D eigenvalue weighted by molar-refractivity contribution is 6.31. The molecule has 0 saturated heterocycles. The predicted molar refractivity (Wildman–Crippen MR) is 87.0 cm³/mol. The monoisotopic (exact) mass is 333 g/mol. The van der Waals surface area contributed by atoms with Gasteiger partial charge < -0.3 is 14.8 Å². The molecule has 0 radical (unpaired) electrons. The Hall–Kier alpha value is -2.53. The van der Waals surface area contributed by atoms with E-state index in [2.05, 4.69) is 10.1 Å². The maximum absolute atomic E-state index is 12.2. The zero-order valence-corrected chi connectivity index (χ0v) is 13.5. The second kappa shape index (κ2) is 7.65. The third-order valence-corrected chi connectivity index (χ3v) is 3.47. The predicted octanol–water partition coefficient (Wildman–Crippen LogP) is 3.07. The van der Waals surface area contributed by atoms with E-state index in [0.29, 0.717) is 28.4 Å². The Bertz CT molecular complexity index is 713. The van der Waals surface area contributed by atoms with Gasteiger partial charge in [-0.15, -0.1) is 0 Å². The minimum atomic E-state index is -0.399. The number of carbonyl (C=O) groups is 2. The Morgan fingerprint density at radius 2 is 1.78 bits per heavy atom. The maximum Gasteiger partial charge on any atom is 0.337 e. The number of ether oxygens (including phenoxy) is 2. The number of carbonyl (C=O) groups excluding carboxylic acids is 2. The first kappa shape index (κ1) is 16.8. The quantitative estimate of drug-likeness (QED) is 0.854. The fraction of sp³-hybridized carbons (Fsp3) is 0.176. The first-order valence-electron chi connectivity index (χ1n) is 6.84. The van der Waals surface area contributed by atoms with Crippen LogP contribution in [0.25, 0.3) is 0 Å². The Balaban J connectivity index is 2.04. The highest BCUT2D eigenvalue weighted by Crippen LogP contribution is 2.22. The molecule has 0 aliphatic carbocycles. The summed E-state index contributed by atoms with van der Waals surface area (Å²) >= 11 is 5.92. The summed E-state index contributed by atoms with van der Waals surface area (Å²) in [5, 5.41) is 3.24. The zero-order valence-electron chi connectivity index (χ0n) is 12.8. The van der Waals surface area contributed by atoms with Crippen molar-refractivity contribution in [2.75, 3.05) is 14.2 Å². The van der Waals surface area contributed by atoms with Crippen molar-refractivity contribution in [2.45, 2.75) is 6.54 Å². The number of hydrogen-bond acceptors (Lipinski definition) is 4. The summed E-state index contributed by atoms with van der Waals surface area (Å²) < 4.78 is 9.79. The van der Waals surface area contributed by atoms with Gasteiger partial charge in [0.2, 0.25) is 0 Å². The van der Waals surface area contributed by atoms with E-state index >= 15 is 0 Å². The molecule has 0 aliphatic heterocycles. The Labute approximate surface area is 139 Å². The SMILES string of the molecule is COC(=O)c1ccc(CNC(=O)c2cc(Cl)ccc2OC)cc1. The highest BCUT2D eigenvalue weighted by atomic mass is 35.5. The largest absolute Gasteiger partial charge is 0.496 e. The van der Waals surface area contributed by atoms with Gasteiger partial charge in [-0.25, -0.2) is 4.79 Å². The maximum atomic E-state index is 12.2. The molecule has 0 aromatic heterocycles. The van der Waals surface area contributed by atoms with Crippen LogP contribution in [0.3, 0.4) is 0 Å². The lowest BCUT2D eigenvalue weighted by Gasteiger charge is -2.10. The minimum Gasteiger partial charge on any atom is -0.496 e. The summed E-state index contributed by atoms with van der Waals surface area (Å²) in [7, 11) is 2.82. The van der Waals surface area contributed by atoms with E-state index in [4.69, 9.17) is 16.3 Å². The van der Waals surface area contributed by atoms with Crippen LogP contribution in [0.1, 0.15) is 26.3 Å². The molecule has 0 spiro atoms. The molecule has 5 nitrogen and oxygen atoms in total. The molecule has 0 fully saturated rings. The lowest BCUT2D eigenvalue weighted by atomic mass is 10.1. The van der Waals surface area contributed by atoms with Gasteiger partial charge in [-0.1, -0.05) is 23.7 Å². The summed E-state index contributed by atoms with van der Waals surface area (Å²) in [6.45, 7) is 0.315. The van der Waals surface area contributed by atoms with E-state index < -0.39 is 5.97 Å². The summed E-state index contributed by atoms with van der Waals surface area (Å²) in [4.78, 5) is 23.6. The molecule has 23 heavy (non-hydrogen) atoms. The number of hydrogen-bond donors (Lipinski definition) is 1. The molecule has 0 unspecified atom stereocenters. The lowest BCUT2D eigenvalue weighted by Crippen LogP contribution is -2.23. The van der Waals surface area contributed by atoms with Crippen LogP contribution in [0.4, 0.5) is 0 Å². The second-order valence-electron chi connectivity index (χ2n) is 4.72. The summed E-state index contributed by atoms with van der Waals surface area (Å²) in [5.41, 5.74) is 1.68. The van der Waals surface area contributed by atoms with Crippen LogP contribution >= 0.6 is 11.6 Å². The molecule has 1 N–H and O–H groups in total. The number of benzene rings is 2. The number of halogens is 1. The van der Waals surface area contributed by atoms with E-state index in [-0.39, 0.29) is 5.91 Å². The number of nitrogens with one attached hydrogen (secondary N) is 1. The van der Waals surface area contributed by atoms with Crippen LogP contribution in [0.2, 0.25) is 5.02 Å². The number of methoxy groups -OCH3 is 2. The summed E-state index contributed by atoms with van der Waals surface area (Å²) in [5.74, 6) is -0.237. The number of esters is 1. The van der Waals surface area contributed by atoms with Gasteiger partial charge in [0, 0.05) is 11.6 Å². The van der Waals surface area contributed by atoms with Gasteiger partial charge in [-0.2, -0.15) is 0 Å². The molecule has 6 heteroatoms. The van der Waals surface area contributed by atoms with Crippen molar-refractivity contribution in [1.82, 2.24) is 5.32 Å². The van der Waals surface area contributed by atoms with Crippen LogP contribution in [-0.4, -0.2) is 26.1 Å². The van der Waals surface area contributed by atoms with Crippen molar-refractivity contribution in [3.63, 3.8) is 0 Å². The molecule has 2 aromatic carbocycles. The van der Waals surface area contributed by atoms with Crippen LogP contribution < -0.4 is 10.1 Å². The topological polar surface area (TPSA) is 64.6 Å². The van der Waals surface area contributed by atoms with Gasteiger partial charge in [0.1, 0.15) is 5.75 Å². The van der Waals surface area contributed by atoms with Gasteiger partial charge in [0.25, 0.3) is 5.91 Å². The zero-order chi connectivity index (χ0) is 16.8. The van der Waals surface area contributed by atoms with Crippen LogP contribution in [0.15, 0.2) is 42.5 Å². The van der Waals surface area contributed by atoms with Crippen molar-refractivity contribution in [2.24, 2.45) is 0 Å². The Morgan fingerprint density at radius 3 is 2.39 bits per heavy atom. The molecule has 120 valence electrons. The van der Waals surface area contributed by atoms with Gasteiger partial charge in [-0.05, 0) is 35.9 Å². The minimum absolute atomic E-state index is 0.290. The van der Waals surface area contributed by atoms with Crippen molar-refractivity contribution in [3.8, 4) is 5.75 Å². The summed E-state index contributed by atoms with van der Waals surface area (Å²) in [6, 6.07) is 11.6. The van der Waals surface area contributed by atoms with Gasteiger partial charge in [0.05, 0.1) is 25.3 Å². The third-order valence-electron chi connectivity index (χ3n) is 3.23. The first-order chi connectivity index (χ1) is 11.0. The normalized spacial score (nSPS) is 10.0. The Kier molecular flexibility index (Phi) is 5.60.